The third-order valence-electron chi connectivity index (χ3n) is 3.59. The molecule has 0 aliphatic carbocycles. The molecule has 1 aromatic rings. The maximum Gasteiger partial charge on any atom is 0.125 e. The molecule has 3 heteroatoms. The second kappa shape index (κ2) is 7.30. The van der Waals surface area contributed by atoms with Crippen LogP contribution < -0.4 is 10.1 Å². The van der Waals surface area contributed by atoms with Gasteiger partial charge in [-0.15, -0.1) is 0 Å². The van der Waals surface area contributed by atoms with Crippen molar-refractivity contribution in [1.82, 2.24) is 5.32 Å². The standard InChI is InChI=1S/C16H24BrNO/c1-12(2)5-3-9-18-15-6-4-10-19-16-11-13(17)7-8-14(15)16/h7-8,11-12,15,18H,3-6,9-10H2,1-2H3. The van der Waals surface area contributed by atoms with E-state index < -0.39 is 0 Å². The van der Waals surface area contributed by atoms with Crippen LogP contribution in [0.3, 0.4) is 0 Å². The molecule has 1 aromatic carbocycles. The van der Waals surface area contributed by atoms with Crippen molar-refractivity contribution in [2.24, 2.45) is 5.92 Å². The quantitative estimate of drug-likeness (QED) is 0.793. The van der Waals surface area contributed by atoms with Crippen LogP contribution in [0.15, 0.2) is 22.7 Å². The topological polar surface area (TPSA) is 21.3 Å². The van der Waals surface area contributed by atoms with Crippen molar-refractivity contribution in [3.05, 3.63) is 28.2 Å². The first-order valence-electron chi connectivity index (χ1n) is 7.32. The molecule has 2 nitrogen and oxygen atoms in total. The first-order valence-corrected chi connectivity index (χ1v) is 8.11. The molecule has 1 aliphatic heterocycles. The summed E-state index contributed by atoms with van der Waals surface area (Å²) in [6.45, 7) is 6.49. The Hall–Kier alpha value is -0.540. The molecule has 0 fully saturated rings. The fourth-order valence-corrected chi connectivity index (χ4v) is 2.88. The van der Waals surface area contributed by atoms with E-state index in [9.17, 15) is 0 Å². The van der Waals surface area contributed by atoms with Crippen LogP contribution in [0, 0.1) is 5.92 Å². The van der Waals surface area contributed by atoms with E-state index >= 15 is 0 Å². The minimum Gasteiger partial charge on any atom is -0.493 e. The molecule has 0 saturated carbocycles. The zero-order valence-electron chi connectivity index (χ0n) is 11.9. The summed E-state index contributed by atoms with van der Waals surface area (Å²) >= 11 is 3.52. The Morgan fingerprint density at radius 2 is 2.26 bits per heavy atom. The summed E-state index contributed by atoms with van der Waals surface area (Å²) in [6.07, 6.45) is 4.83. The van der Waals surface area contributed by atoms with E-state index in [0.29, 0.717) is 6.04 Å². The summed E-state index contributed by atoms with van der Waals surface area (Å²) in [5.41, 5.74) is 1.31. The zero-order valence-corrected chi connectivity index (χ0v) is 13.5. The van der Waals surface area contributed by atoms with Crippen LogP contribution in [-0.4, -0.2) is 13.2 Å². The molecular weight excluding hydrogens is 302 g/mol. The van der Waals surface area contributed by atoms with Gasteiger partial charge in [-0.25, -0.2) is 0 Å². The van der Waals surface area contributed by atoms with E-state index in [1.807, 2.05) is 0 Å². The number of fused-ring (bicyclic) bond motifs is 1. The normalized spacial score (nSPS) is 18.8. The lowest BCUT2D eigenvalue weighted by atomic mass is 10.0. The van der Waals surface area contributed by atoms with E-state index in [0.717, 1.165) is 42.1 Å². The number of ether oxygens (including phenoxy) is 1. The Kier molecular flexibility index (Phi) is 5.71. The van der Waals surface area contributed by atoms with E-state index in [1.54, 1.807) is 0 Å². The number of rotatable bonds is 5. The van der Waals surface area contributed by atoms with E-state index in [-0.39, 0.29) is 0 Å². The summed E-state index contributed by atoms with van der Waals surface area (Å²) in [6, 6.07) is 6.82. The van der Waals surface area contributed by atoms with Crippen LogP contribution >= 0.6 is 15.9 Å². The van der Waals surface area contributed by atoms with Crippen molar-refractivity contribution >= 4 is 15.9 Å². The maximum absolute atomic E-state index is 5.83. The van der Waals surface area contributed by atoms with Crippen molar-refractivity contribution in [1.29, 1.82) is 0 Å². The van der Waals surface area contributed by atoms with E-state index in [4.69, 9.17) is 4.74 Å². The average Bonchev–Trinajstić information content (AvgIpc) is 2.56. The van der Waals surface area contributed by atoms with Gasteiger partial charge in [0.05, 0.1) is 6.61 Å². The van der Waals surface area contributed by atoms with Gasteiger partial charge in [0.2, 0.25) is 0 Å². The van der Waals surface area contributed by atoms with Gasteiger partial charge in [0.1, 0.15) is 5.75 Å². The number of hydrogen-bond donors (Lipinski definition) is 1. The Labute approximate surface area is 125 Å². The van der Waals surface area contributed by atoms with Gasteiger partial charge in [-0.05, 0) is 50.3 Å². The van der Waals surface area contributed by atoms with Gasteiger partial charge in [0.15, 0.2) is 0 Å². The van der Waals surface area contributed by atoms with Gasteiger partial charge >= 0.3 is 0 Å². The van der Waals surface area contributed by atoms with Crippen molar-refractivity contribution in [2.45, 2.75) is 45.6 Å². The molecule has 0 spiro atoms. The molecule has 0 amide bonds. The van der Waals surface area contributed by atoms with Crippen LogP contribution in [-0.2, 0) is 0 Å². The Morgan fingerprint density at radius 1 is 1.42 bits per heavy atom. The molecule has 1 atom stereocenters. The van der Waals surface area contributed by atoms with Gasteiger partial charge in [0.25, 0.3) is 0 Å². The van der Waals surface area contributed by atoms with Crippen LogP contribution in [0.2, 0.25) is 0 Å². The predicted octanol–water partition coefficient (Wildman–Crippen LogP) is 4.69. The lowest BCUT2D eigenvalue weighted by Gasteiger charge is -2.19. The molecule has 106 valence electrons. The monoisotopic (exact) mass is 325 g/mol. The first kappa shape index (κ1) is 14.9. The highest BCUT2D eigenvalue weighted by Crippen LogP contribution is 2.33. The van der Waals surface area contributed by atoms with Gasteiger partial charge < -0.3 is 10.1 Å². The highest BCUT2D eigenvalue weighted by molar-refractivity contribution is 9.10. The third-order valence-corrected chi connectivity index (χ3v) is 4.09. The lowest BCUT2D eigenvalue weighted by Crippen LogP contribution is -2.22. The Morgan fingerprint density at radius 3 is 3.05 bits per heavy atom. The van der Waals surface area contributed by atoms with Gasteiger partial charge in [-0.1, -0.05) is 35.8 Å². The van der Waals surface area contributed by atoms with E-state index in [1.165, 1.54) is 18.4 Å². The summed E-state index contributed by atoms with van der Waals surface area (Å²) in [4.78, 5) is 0. The summed E-state index contributed by atoms with van der Waals surface area (Å²) in [7, 11) is 0. The SMILES string of the molecule is CC(C)CCCNC1CCCOc2cc(Br)ccc21. The smallest absolute Gasteiger partial charge is 0.125 e. The first-order chi connectivity index (χ1) is 9.16. The van der Waals surface area contributed by atoms with Crippen LogP contribution in [0.5, 0.6) is 5.75 Å². The minimum atomic E-state index is 0.442. The van der Waals surface area contributed by atoms with Gasteiger partial charge in [0, 0.05) is 16.1 Å². The fourth-order valence-electron chi connectivity index (χ4n) is 2.54. The molecule has 0 aromatic heterocycles. The molecule has 0 radical (unpaired) electrons. The van der Waals surface area contributed by atoms with Crippen LogP contribution in [0.25, 0.3) is 0 Å². The van der Waals surface area contributed by atoms with Gasteiger partial charge in [-0.2, -0.15) is 0 Å². The number of hydrogen-bond acceptors (Lipinski definition) is 2. The van der Waals surface area contributed by atoms with Crippen molar-refractivity contribution < 1.29 is 4.74 Å². The maximum atomic E-state index is 5.83. The number of halogens is 1. The molecule has 19 heavy (non-hydrogen) atoms. The van der Waals surface area contributed by atoms with Crippen molar-refractivity contribution in [3.8, 4) is 5.75 Å². The highest BCUT2D eigenvalue weighted by Gasteiger charge is 2.19. The molecule has 0 saturated heterocycles. The molecule has 1 heterocycles. The Bertz CT molecular complexity index is 406. The second-order valence-corrected chi connectivity index (χ2v) is 6.63. The largest absolute Gasteiger partial charge is 0.493 e. The van der Waals surface area contributed by atoms with Crippen molar-refractivity contribution in [3.63, 3.8) is 0 Å². The lowest BCUT2D eigenvalue weighted by molar-refractivity contribution is 0.315. The minimum absolute atomic E-state index is 0.442. The summed E-state index contributed by atoms with van der Waals surface area (Å²) in [5.74, 6) is 1.83. The third kappa shape index (κ3) is 4.50. The van der Waals surface area contributed by atoms with Crippen molar-refractivity contribution in [2.75, 3.05) is 13.2 Å². The molecule has 1 N–H and O–H groups in total. The number of benzene rings is 1. The van der Waals surface area contributed by atoms with E-state index in [2.05, 4.69) is 53.3 Å². The number of nitrogens with one attached hydrogen (secondary N) is 1. The molecule has 2 rings (SSSR count). The molecule has 1 unspecified atom stereocenters. The second-order valence-electron chi connectivity index (χ2n) is 5.72. The van der Waals surface area contributed by atoms with Crippen LogP contribution in [0.4, 0.5) is 0 Å². The Balaban J connectivity index is 1.97. The zero-order chi connectivity index (χ0) is 13.7. The predicted molar refractivity (Wildman–Crippen MR) is 83.7 cm³/mol. The highest BCUT2D eigenvalue weighted by atomic mass is 79.9. The summed E-state index contributed by atoms with van der Waals surface area (Å²) in [5, 5.41) is 3.70. The fraction of sp³-hybridized carbons (Fsp3) is 0.625. The summed E-state index contributed by atoms with van der Waals surface area (Å²) < 4.78 is 6.92. The van der Waals surface area contributed by atoms with Crippen LogP contribution in [0.1, 0.15) is 51.1 Å². The molecule has 1 aliphatic rings. The molecular formula is C16H24BrNO. The molecule has 0 bridgehead atoms. The average molecular weight is 326 g/mol. The van der Waals surface area contributed by atoms with Gasteiger partial charge in [-0.3, -0.25) is 0 Å².